The molecule has 6 nitrogen and oxygen atoms in total. The number of nitrogens with zero attached hydrogens (tertiary/aromatic N) is 2. The van der Waals surface area contributed by atoms with Gasteiger partial charge in [0, 0.05) is 24.5 Å². The van der Waals surface area contributed by atoms with Gasteiger partial charge in [0.25, 0.3) is 17.7 Å². The lowest BCUT2D eigenvalue weighted by Crippen LogP contribution is -2.29. The van der Waals surface area contributed by atoms with E-state index in [0.29, 0.717) is 12.0 Å². The Kier molecular flexibility index (Phi) is 5.34. The number of pyridine rings is 1. The van der Waals surface area contributed by atoms with E-state index in [4.69, 9.17) is 0 Å². The molecule has 30 heavy (non-hydrogen) atoms. The van der Waals surface area contributed by atoms with Gasteiger partial charge in [0.1, 0.15) is 5.82 Å². The Labute approximate surface area is 172 Å². The Morgan fingerprint density at radius 2 is 1.70 bits per heavy atom. The van der Waals surface area contributed by atoms with Crippen LogP contribution >= 0.6 is 0 Å². The topological polar surface area (TPSA) is 79.4 Å². The average molecular weight is 403 g/mol. The van der Waals surface area contributed by atoms with E-state index >= 15 is 0 Å². The fourth-order valence-electron chi connectivity index (χ4n) is 3.36. The highest BCUT2D eigenvalue weighted by atomic mass is 19.1. The van der Waals surface area contributed by atoms with Crippen LogP contribution in [0.1, 0.15) is 42.2 Å². The molecule has 3 amide bonds. The Hall–Kier alpha value is -3.87. The number of carbonyl (C=O) groups excluding carboxylic acids is 3. The normalized spacial score (nSPS) is 12.8. The van der Waals surface area contributed by atoms with Gasteiger partial charge in [-0.25, -0.2) is 4.39 Å². The molecule has 2 heterocycles. The Balaban J connectivity index is 1.44. The lowest BCUT2D eigenvalue weighted by Gasteiger charge is -2.13. The SMILES string of the molecule is O=C(NCCc1ccccc1F)c1ccc2c(c1)C(=O)N(Cc1ccncc1)C2=O. The third kappa shape index (κ3) is 3.82. The van der Waals surface area contributed by atoms with Gasteiger partial charge in [0.05, 0.1) is 17.7 Å². The molecule has 7 heteroatoms. The van der Waals surface area contributed by atoms with E-state index < -0.39 is 11.8 Å². The predicted octanol–water partition coefficient (Wildman–Crippen LogP) is 2.99. The van der Waals surface area contributed by atoms with Gasteiger partial charge in [0.2, 0.25) is 0 Å². The molecule has 2 aromatic carbocycles. The van der Waals surface area contributed by atoms with Crippen molar-refractivity contribution in [3.63, 3.8) is 0 Å². The first-order valence-electron chi connectivity index (χ1n) is 9.45. The second-order valence-corrected chi connectivity index (χ2v) is 6.91. The number of fused-ring (bicyclic) bond motifs is 1. The summed E-state index contributed by atoms with van der Waals surface area (Å²) in [5.74, 6) is -1.53. The van der Waals surface area contributed by atoms with Gasteiger partial charge in [-0.15, -0.1) is 0 Å². The van der Waals surface area contributed by atoms with E-state index in [2.05, 4.69) is 10.3 Å². The lowest BCUT2D eigenvalue weighted by molar-refractivity contribution is 0.0642. The van der Waals surface area contributed by atoms with Gasteiger partial charge in [0.15, 0.2) is 0 Å². The van der Waals surface area contributed by atoms with Crippen molar-refractivity contribution in [1.82, 2.24) is 15.2 Å². The van der Waals surface area contributed by atoms with Crippen molar-refractivity contribution >= 4 is 17.7 Å². The summed E-state index contributed by atoms with van der Waals surface area (Å²) in [5.41, 5.74) is 2.05. The molecule has 0 unspecified atom stereocenters. The van der Waals surface area contributed by atoms with Crippen LogP contribution in [0, 0.1) is 5.82 Å². The van der Waals surface area contributed by atoms with E-state index in [1.54, 1.807) is 42.7 Å². The number of carbonyl (C=O) groups is 3. The van der Waals surface area contributed by atoms with Crippen molar-refractivity contribution in [2.45, 2.75) is 13.0 Å². The zero-order valence-corrected chi connectivity index (χ0v) is 16.0. The molecule has 1 aromatic heterocycles. The van der Waals surface area contributed by atoms with Crippen LogP contribution in [-0.4, -0.2) is 34.2 Å². The Bertz CT molecular complexity index is 1130. The first-order chi connectivity index (χ1) is 14.5. The molecule has 0 radical (unpaired) electrons. The third-order valence-electron chi connectivity index (χ3n) is 4.96. The molecule has 1 aliphatic rings. The van der Waals surface area contributed by atoms with Crippen LogP contribution in [0.25, 0.3) is 0 Å². The minimum atomic E-state index is -0.437. The maximum absolute atomic E-state index is 13.7. The quantitative estimate of drug-likeness (QED) is 0.642. The number of benzene rings is 2. The first-order valence-corrected chi connectivity index (χ1v) is 9.45. The van der Waals surface area contributed by atoms with Crippen LogP contribution in [0.15, 0.2) is 67.0 Å². The van der Waals surface area contributed by atoms with Crippen LogP contribution in [-0.2, 0) is 13.0 Å². The summed E-state index contributed by atoms with van der Waals surface area (Å²) in [4.78, 5) is 42.9. The highest BCUT2D eigenvalue weighted by Gasteiger charge is 2.35. The van der Waals surface area contributed by atoms with E-state index in [1.165, 1.54) is 24.3 Å². The summed E-state index contributed by atoms with van der Waals surface area (Å²) in [6.07, 6.45) is 3.54. The molecule has 4 rings (SSSR count). The van der Waals surface area contributed by atoms with Crippen molar-refractivity contribution < 1.29 is 18.8 Å². The summed E-state index contributed by atoms with van der Waals surface area (Å²) in [7, 11) is 0. The predicted molar refractivity (Wildman–Crippen MR) is 107 cm³/mol. The number of imide groups is 1. The molecule has 0 bridgehead atoms. The Morgan fingerprint density at radius 3 is 2.47 bits per heavy atom. The van der Waals surface area contributed by atoms with E-state index in [9.17, 15) is 18.8 Å². The maximum Gasteiger partial charge on any atom is 0.261 e. The van der Waals surface area contributed by atoms with Crippen molar-refractivity contribution in [2.75, 3.05) is 6.54 Å². The second kappa shape index (κ2) is 8.24. The molecule has 0 spiro atoms. The van der Waals surface area contributed by atoms with Gasteiger partial charge in [-0.3, -0.25) is 24.3 Å². The molecule has 3 aromatic rings. The van der Waals surface area contributed by atoms with Gasteiger partial charge in [-0.2, -0.15) is 0 Å². The fourth-order valence-corrected chi connectivity index (χ4v) is 3.36. The standard InChI is InChI=1S/C23H18FN3O3/c24-20-4-2-1-3-16(20)9-12-26-21(28)17-5-6-18-19(13-17)23(30)27(22(18)29)14-15-7-10-25-11-8-15/h1-8,10-11,13H,9,12,14H2,(H,26,28). The molecule has 0 saturated heterocycles. The largest absolute Gasteiger partial charge is 0.352 e. The number of halogens is 1. The smallest absolute Gasteiger partial charge is 0.261 e. The van der Waals surface area contributed by atoms with Crippen LogP contribution < -0.4 is 5.32 Å². The van der Waals surface area contributed by atoms with Crippen LogP contribution in [0.5, 0.6) is 0 Å². The zero-order valence-electron chi connectivity index (χ0n) is 16.0. The van der Waals surface area contributed by atoms with Crippen LogP contribution in [0.3, 0.4) is 0 Å². The molecule has 0 atom stereocenters. The highest BCUT2D eigenvalue weighted by Crippen LogP contribution is 2.25. The minimum Gasteiger partial charge on any atom is -0.352 e. The van der Waals surface area contributed by atoms with Crippen LogP contribution in [0.4, 0.5) is 4.39 Å². The number of rotatable bonds is 6. The van der Waals surface area contributed by atoms with Crippen LogP contribution in [0.2, 0.25) is 0 Å². The monoisotopic (exact) mass is 403 g/mol. The van der Waals surface area contributed by atoms with Gasteiger partial charge in [-0.1, -0.05) is 18.2 Å². The minimum absolute atomic E-state index is 0.138. The fraction of sp³-hybridized carbons (Fsp3) is 0.130. The van der Waals surface area contributed by atoms with Gasteiger partial charge in [-0.05, 0) is 53.9 Å². The number of hydrogen-bond donors (Lipinski definition) is 1. The Morgan fingerprint density at radius 1 is 0.967 bits per heavy atom. The molecular weight excluding hydrogens is 385 g/mol. The third-order valence-corrected chi connectivity index (χ3v) is 4.96. The average Bonchev–Trinajstić information content (AvgIpc) is 3.00. The van der Waals surface area contributed by atoms with Crippen molar-refractivity contribution in [2.24, 2.45) is 0 Å². The molecule has 0 saturated carbocycles. The van der Waals surface area contributed by atoms with E-state index in [0.717, 1.165) is 10.5 Å². The summed E-state index contributed by atoms with van der Waals surface area (Å²) in [5, 5.41) is 2.72. The second-order valence-electron chi connectivity index (χ2n) is 6.91. The summed E-state index contributed by atoms with van der Waals surface area (Å²) < 4.78 is 13.7. The highest BCUT2D eigenvalue weighted by molar-refractivity contribution is 6.22. The molecule has 0 fully saturated rings. The molecule has 1 N–H and O–H groups in total. The molecule has 150 valence electrons. The maximum atomic E-state index is 13.7. The van der Waals surface area contributed by atoms with Crippen molar-refractivity contribution in [1.29, 1.82) is 0 Å². The van der Waals surface area contributed by atoms with Gasteiger partial charge >= 0.3 is 0 Å². The van der Waals surface area contributed by atoms with Crippen molar-refractivity contribution in [3.8, 4) is 0 Å². The summed E-state index contributed by atoms with van der Waals surface area (Å²) in [6.45, 7) is 0.386. The van der Waals surface area contributed by atoms with E-state index in [1.807, 2.05) is 0 Å². The number of amides is 3. The summed E-state index contributed by atoms with van der Waals surface area (Å²) >= 11 is 0. The zero-order chi connectivity index (χ0) is 21.1. The van der Waals surface area contributed by atoms with Gasteiger partial charge < -0.3 is 5.32 Å². The molecular formula is C23H18FN3O3. The molecule has 1 aliphatic heterocycles. The number of nitrogens with one attached hydrogen (secondary N) is 1. The van der Waals surface area contributed by atoms with E-state index in [-0.39, 0.29) is 41.5 Å². The lowest BCUT2D eigenvalue weighted by atomic mass is 10.1. The van der Waals surface area contributed by atoms with Crippen molar-refractivity contribution in [3.05, 3.63) is 101 Å². The molecule has 0 aliphatic carbocycles. The number of aromatic nitrogens is 1. The first kappa shape index (κ1) is 19.4. The number of hydrogen-bond acceptors (Lipinski definition) is 4. The summed E-state index contributed by atoms with van der Waals surface area (Å²) in [6, 6.07) is 14.3.